The van der Waals surface area contributed by atoms with Gasteiger partial charge < -0.3 is 10.4 Å². The Kier molecular flexibility index (Phi) is 6.53. The molecule has 1 heterocycles. The van der Waals surface area contributed by atoms with Gasteiger partial charge in [-0.3, -0.25) is 0 Å². The molecule has 0 saturated carbocycles. The van der Waals surface area contributed by atoms with Crippen molar-refractivity contribution in [2.75, 3.05) is 25.9 Å². The minimum Gasteiger partial charge on any atom is -0.476 e. The second-order valence-electron chi connectivity index (χ2n) is 4.23. The van der Waals surface area contributed by atoms with Gasteiger partial charge in [0.15, 0.2) is 0 Å². The number of hydrogen-bond donors (Lipinski definition) is 2. The molecule has 0 aliphatic heterocycles. The number of carboxylic acids is 1. The second-order valence-corrected chi connectivity index (χ2v) is 7.07. The molecule has 0 saturated heterocycles. The molecule has 0 radical (unpaired) electrons. The zero-order valence-corrected chi connectivity index (χ0v) is 13.1. The van der Waals surface area contributed by atoms with Crippen molar-refractivity contribution in [3.63, 3.8) is 0 Å². The number of nitrogens with one attached hydrogen (secondary N) is 1. The molecule has 0 aliphatic carbocycles. The highest BCUT2D eigenvalue weighted by atomic mass is 32.2. The first-order chi connectivity index (χ1) is 9.34. The van der Waals surface area contributed by atoms with Crippen molar-refractivity contribution in [2.24, 2.45) is 0 Å². The summed E-state index contributed by atoms with van der Waals surface area (Å²) in [5.41, 5.74) is 0.683. The number of carbonyl (C=O) groups is 1. The molecule has 0 aromatic carbocycles. The van der Waals surface area contributed by atoms with E-state index in [4.69, 9.17) is 5.11 Å². The summed E-state index contributed by atoms with van der Waals surface area (Å²) < 4.78 is 24.1. The number of aromatic nitrogens is 1. The highest BCUT2D eigenvalue weighted by Gasteiger charge is 2.13. The third-order valence-corrected chi connectivity index (χ3v) is 4.88. The Labute approximate surface area is 122 Å². The lowest BCUT2D eigenvalue weighted by molar-refractivity contribution is 0.0696. The Morgan fingerprint density at radius 2 is 2.25 bits per heavy atom. The average molecular weight is 321 g/mol. The second kappa shape index (κ2) is 7.67. The van der Waals surface area contributed by atoms with Gasteiger partial charge in [-0.2, -0.15) is 0 Å². The molecule has 9 heteroatoms. The minimum atomic E-state index is -3.13. The summed E-state index contributed by atoms with van der Waals surface area (Å²) in [6, 6.07) is 0. The highest BCUT2D eigenvalue weighted by molar-refractivity contribution is 7.88. The summed E-state index contributed by atoms with van der Waals surface area (Å²) in [6.45, 7) is 3.87. The molecule has 0 aliphatic rings. The average Bonchev–Trinajstić information content (AvgIpc) is 2.81. The van der Waals surface area contributed by atoms with Crippen molar-refractivity contribution < 1.29 is 18.3 Å². The van der Waals surface area contributed by atoms with Gasteiger partial charge in [-0.15, -0.1) is 11.3 Å². The lowest BCUT2D eigenvalue weighted by Crippen LogP contribution is -2.32. The van der Waals surface area contributed by atoms with Crippen LogP contribution in [0.25, 0.3) is 0 Å². The predicted octanol–water partition coefficient (Wildman–Crippen LogP) is 0.603. The number of hydrogen-bond acceptors (Lipinski definition) is 6. The Hall–Kier alpha value is -1.03. The Bertz CT molecular complexity index is 542. The molecule has 1 aromatic rings. The van der Waals surface area contributed by atoms with E-state index in [1.807, 2.05) is 0 Å². The third-order valence-electron chi connectivity index (χ3n) is 2.62. The lowest BCUT2D eigenvalue weighted by atomic mass is 10.4. The molecule has 7 nitrogen and oxygen atoms in total. The van der Waals surface area contributed by atoms with Crippen molar-refractivity contribution in [1.29, 1.82) is 0 Å². The van der Waals surface area contributed by atoms with Crippen LogP contribution in [0.1, 0.15) is 28.8 Å². The first-order valence-electron chi connectivity index (χ1n) is 6.18. The van der Waals surface area contributed by atoms with Gasteiger partial charge in [-0.25, -0.2) is 22.5 Å². The van der Waals surface area contributed by atoms with E-state index in [1.54, 1.807) is 12.3 Å². The van der Waals surface area contributed by atoms with Gasteiger partial charge in [0.1, 0.15) is 0 Å². The molecular formula is C11H19N3O4S2. The number of sulfonamides is 1. The van der Waals surface area contributed by atoms with Gasteiger partial charge in [0.05, 0.1) is 11.9 Å². The van der Waals surface area contributed by atoms with E-state index in [0.717, 1.165) is 11.3 Å². The van der Waals surface area contributed by atoms with Crippen molar-refractivity contribution in [2.45, 2.75) is 19.9 Å². The third kappa shape index (κ3) is 5.53. The van der Waals surface area contributed by atoms with Crippen LogP contribution in [0.3, 0.4) is 0 Å². The van der Waals surface area contributed by atoms with E-state index < -0.39 is 16.0 Å². The molecule has 114 valence electrons. The van der Waals surface area contributed by atoms with E-state index >= 15 is 0 Å². The monoisotopic (exact) mass is 321 g/mol. The smallest absolute Gasteiger partial charge is 0.365 e. The molecule has 1 aromatic heterocycles. The fraction of sp³-hybridized carbons (Fsp3) is 0.636. The van der Waals surface area contributed by atoms with Crippen LogP contribution >= 0.6 is 11.3 Å². The molecule has 0 spiro atoms. The molecule has 0 bridgehead atoms. The van der Waals surface area contributed by atoms with E-state index in [2.05, 4.69) is 10.3 Å². The molecule has 2 N–H and O–H groups in total. The van der Waals surface area contributed by atoms with E-state index in [0.29, 0.717) is 38.3 Å². The van der Waals surface area contributed by atoms with Gasteiger partial charge in [0, 0.05) is 25.0 Å². The molecule has 0 unspecified atom stereocenters. The predicted molar refractivity (Wildman–Crippen MR) is 77.5 cm³/mol. The normalized spacial score (nSPS) is 11.9. The summed E-state index contributed by atoms with van der Waals surface area (Å²) in [4.78, 5) is 14.6. The van der Waals surface area contributed by atoms with E-state index in [1.165, 1.54) is 10.6 Å². The highest BCUT2D eigenvalue weighted by Crippen LogP contribution is 2.09. The van der Waals surface area contributed by atoms with Gasteiger partial charge in [0.2, 0.25) is 15.0 Å². The molecule has 0 atom stereocenters. The van der Waals surface area contributed by atoms with Crippen LogP contribution in [0.4, 0.5) is 0 Å². The quantitative estimate of drug-likeness (QED) is 0.646. The molecule has 1 rings (SSSR count). The number of carboxylic acid groups (broad SMARTS) is 1. The standard InChI is InChI=1S/C11H19N3O4S2/c1-3-14(20(2,17)18)6-4-5-12-7-9-8-19-10(13-9)11(15)16/h8,12H,3-7H2,1-2H3,(H,15,16). The topological polar surface area (TPSA) is 99.6 Å². The van der Waals surface area contributed by atoms with E-state index in [9.17, 15) is 13.2 Å². The number of nitrogens with zero attached hydrogens (tertiary/aromatic N) is 2. The first kappa shape index (κ1) is 17.0. The van der Waals surface area contributed by atoms with Crippen molar-refractivity contribution in [3.05, 3.63) is 16.1 Å². The molecular weight excluding hydrogens is 302 g/mol. The van der Waals surface area contributed by atoms with E-state index in [-0.39, 0.29) is 5.01 Å². The summed E-state index contributed by atoms with van der Waals surface area (Å²) >= 11 is 1.10. The van der Waals surface area contributed by atoms with Crippen LogP contribution < -0.4 is 5.32 Å². The molecule has 20 heavy (non-hydrogen) atoms. The first-order valence-corrected chi connectivity index (χ1v) is 8.91. The molecule has 0 amide bonds. The SMILES string of the molecule is CCN(CCCNCc1csc(C(=O)O)n1)S(C)(=O)=O. The molecule has 0 fully saturated rings. The Morgan fingerprint density at radius 3 is 2.75 bits per heavy atom. The Balaban J connectivity index is 2.26. The maximum absolute atomic E-state index is 11.4. The zero-order valence-electron chi connectivity index (χ0n) is 11.5. The fourth-order valence-electron chi connectivity index (χ4n) is 1.64. The fourth-order valence-corrected chi connectivity index (χ4v) is 3.23. The van der Waals surface area contributed by atoms with Crippen molar-refractivity contribution in [1.82, 2.24) is 14.6 Å². The van der Waals surface area contributed by atoms with Crippen LogP contribution in [0, 0.1) is 0 Å². The largest absolute Gasteiger partial charge is 0.476 e. The van der Waals surface area contributed by atoms with Gasteiger partial charge >= 0.3 is 5.97 Å². The van der Waals surface area contributed by atoms with Gasteiger partial charge in [-0.05, 0) is 13.0 Å². The van der Waals surface area contributed by atoms with Crippen LogP contribution in [0.5, 0.6) is 0 Å². The zero-order chi connectivity index (χ0) is 15.2. The van der Waals surface area contributed by atoms with Crippen LogP contribution in [0.2, 0.25) is 0 Å². The summed E-state index contributed by atoms with van der Waals surface area (Å²) in [5.74, 6) is -1.02. The van der Waals surface area contributed by atoms with Crippen molar-refractivity contribution >= 4 is 27.3 Å². The number of thiazole rings is 1. The number of rotatable bonds is 9. The van der Waals surface area contributed by atoms with Gasteiger partial charge in [0.25, 0.3) is 0 Å². The Morgan fingerprint density at radius 1 is 1.55 bits per heavy atom. The van der Waals surface area contributed by atoms with Crippen LogP contribution in [-0.4, -0.2) is 54.7 Å². The maximum atomic E-state index is 11.4. The van der Waals surface area contributed by atoms with Crippen LogP contribution in [0.15, 0.2) is 5.38 Å². The van der Waals surface area contributed by atoms with Gasteiger partial charge in [-0.1, -0.05) is 6.92 Å². The summed E-state index contributed by atoms with van der Waals surface area (Å²) in [6.07, 6.45) is 1.89. The maximum Gasteiger partial charge on any atom is 0.365 e. The summed E-state index contributed by atoms with van der Waals surface area (Å²) in [7, 11) is -3.13. The lowest BCUT2D eigenvalue weighted by Gasteiger charge is -2.17. The summed E-state index contributed by atoms with van der Waals surface area (Å²) in [5, 5.41) is 13.6. The van der Waals surface area contributed by atoms with Crippen LogP contribution in [-0.2, 0) is 16.6 Å². The minimum absolute atomic E-state index is 0.0797. The number of aromatic carboxylic acids is 1. The van der Waals surface area contributed by atoms with Crippen molar-refractivity contribution in [3.8, 4) is 0 Å².